The summed E-state index contributed by atoms with van der Waals surface area (Å²) in [5.74, 6) is 0.884. The number of esters is 2. The van der Waals surface area contributed by atoms with E-state index in [1.165, 1.54) is 23.6 Å². The Morgan fingerprint density at radius 3 is 2.07 bits per heavy atom. The molecule has 0 spiro atoms. The van der Waals surface area contributed by atoms with Crippen molar-refractivity contribution >= 4 is 44.4 Å². The number of aryl methyl sites for hydroxylation is 4. The zero-order valence-electron chi connectivity index (χ0n) is 29.9. The Bertz CT molecular complexity index is 2540. The second kappa shape index (κ2) is 14.9. The van der Waals surface area contributed by atoms with Crippen LogP contribution in [0.2, 0.25) is 0 Å². The maximum absolute atomic E-state index is 13.1. The summed E-state index contributed by atoms with van der Waals surface area (Å²) in [5.41, 5.74) is 5.63. The van der Waals surface area contributed by atoms with Gasteiger partial charge in [0.15, 0.2) is 9.84 Å². The summed E-state index contributed by atoms with van der Waals surface area (Å²) in [6.45, 7) is 3.74. The van der Waals surface area contributed by atoms with Gasteiger partial charge in [0.2, 0.25) is 0 Å². The maximum atomic E-state index is 13.1. The first-order valence-corrected chi connectivity index (χ1v) is 21.0. The summed E-state index contributed by atoms with van der Waals surface area (Å²) >= 11 is 1.95. The second-order valence-corrected chi connectivity index (χ2v) is 17.3. The molecular formula is C41H34N2O9S3. The highest BCUT2D eigenvalue weighted by molar-refractivity contribution is 7.90. The van der Waals surface area contributed by atoms with Crippen LogP contribution in [0.15, 0.2) is 96.0 Å². The predicted octanol–water partition coefficient (Wildman–Crippen LogP) is 9.33. The molecule has 2 atom stereocenters. The van der Waals surface area contributed by atoms with Crippen LogP contribution >= 0.6 is 22.7 Å². The molecule has 0 saturated carbocycles. The Morgan fingerprint density at radius 1 is 0.764 bits per heavy atom. The van der Waals surface area contributed by atoms with E-state index in [9.17, 15) is 18.0 Å². The standard InChI is InChI=1S/C41H34N2O9S3/c1-23-6-4-5-7-31(23)35-17-11-27-21-29(13-19-34(27)51-35)49-41-43-24(2)37(54-41)39(45)52-38(44)36-22-42-40(53-36)48-28-12-18-33-26(20-28)10-16-32(50-33)25-8-14-30(15-9-25)55(3,46)47/h4-9,12-15,18-22,32,35H,10-11,16-17H2,1-3H3. The summed E-state index contributed by atoms with van der Waals surface area (Å²) in [5, 5.41) is 0.444. The topological polar surface area (TPSA) is 140 Å². The van der Waals surface area contributed by atoms with Gasteiger partial charge in [-0.2, -0.15) is 0 Å². The molecule has 2 aliphatic rings. The zero-order valence-corrected chi connectivity index (χ0v) is 32.4. The lowest BCUT2D eigenvalue weighted by molar-refractivity contribution is 0.0404. The number of carbonyl (C=O) groups excluding carboxylic acids is 2. The molecule has 11 nitrogen and oxygen atoms in total. The molecule has 4 aromatic carbocycles. The molecule has 14 heteroatoms. The fourth-order valence-corrected chi connectivity index (χ4v) is 8.68. The molecule has 55 heavy (non-hydrogen) atoms. The van der Waals surface area contributed by atoms with Crippen LogP contribution in [0.4, 0.5) is 0 Å². The normalized spacial score (nSPS) is 16.2. The summed E-state index contributed by atoms with van der Waals surface area (Å²) in [4.78, 5) is 35.1. The predicted molar refractivity (Wildman–Crippen MR) is 206 cm³/mol. The van der Waals surface area contributed by atoms with E-state index in [1.807, 2.05) is 30.3 Å². The zero-order chi connectivity index (χ0) is 38.3. The Balaban J connectivity index is 0.858. The van der Waals surface area contributed by atoms with Gasteiger partial charge in [0, 0.05) is 6.26 Å². The van der Waals surface area contributed by atoms with Crippen LogP contribution in [-0.2, 0) is 27.4 Å². The Morgan fingerprint density at radius 2 is 1.40 bits per heavy atom. The monoisotopic (exact) mass is 794 g/mol. The summed E-state index contributed by atoms with van der Waals surface area (Å²) < 4.78 is 53.3. The van der Waals surface area contributed by atoms with Crippen LogP contribution in [0, 0.1) is 13.8 Å². The van der Waals surface area contributed by atoms with E-state index in [-0.39, 0.29) is 37.2 Å². The molecule has 2 aromatic heterocycles. The number of hydrogen-bond acceptors (Lipinski definition) is 13. The van der Waals surface area contributed by atoms with Gasteiger partial charge < -0.3 is 23.7 Å². The molecular weight excluding hydrogens is 761 g/mol. The Kier molecular flexibility index (Phi) is 9.88. The largest absolute Gasteiger partial charge is 0.485 e. The maximum Gasteiger partial charge on any atom is 0.358 e. The molecule has 0 bridgehead atoms. The number of benzene rings is 4. The molecule has 8 rings (SSSR count). The minimum absolute atomic E-state index is 0.00740. The molecule has 4 heterocycles. The molecule has 0 N–H and O–H groups in total. The third-order valence-electron chi connectivity index (χ3n) is 9.41. The first-order chi connectivity index (χ1) is 26.5. The van der Waals surface area contributed by atoms with E-state index >= 15 is 0 Å². The van der Waals surface area contributed by atoms with Gasteiger partial charge in [0.25, 0.3) is 10.4 Å². The SMILES string of the molecule is Cc1ccccc1C1CCc2cc(Oc3nc(C)c(C(=O)OC(=O)c4cnc(Oc5ccc6c(c5)CCC(c5ccc(S(C)(=O)=O)cc5)O6)s4)s3)ccc2O1. The lowest BCUT2D eigenvalue weighted by Crippen LogP contribution is -2.16. The van der Waals surface area contributed by atoms with Gasteiger partial charge >= 0.3 is 11.9 Å². The third kappa shape index (κ3) is 7.97. The number of aromatic nitrogens is 2. The van der Waals surface area contributed by atoms with Gasteiger partial charge in [-0.3, -0.25) is 0 Å². The summed E-state index contributed by atoms with van der Waals surface area (Å²) in [6.07, 6.45) is 5.34. The number of nitrogens with zero attached hydrogens (tertiary/aromatic N) is 2. The Hall–Kier alpha value is -5.57. The van der Waals surface area contributed by atoms with Crippen LogP contribution in [-0.4, -0.2) is 36.6 Å². The van der Waals surface area contributed by atoms with Crippen molar-refractivity contribution in [2.45, 2.75) is 56.6 Å². The van der Waals surface area contributed by atoms with Gasteiger partial charge in [0.05, 0.1) is 16.8 Å². The van der Waals surface area contributed by atoms with Crippen molar-refractivity contribution < 1.29 is 41.7 Å². The smallest absolute Gasteiger partial charge is 0.358 e. The van der Waals surface area contributed by atoms with E-state index < -0.39 is 21.8 Å². The lowest BCUT2D eigenvalue weighted by atomic mass is 9.95. The van der Waals surface area contributed by atoms with Gasteiger partial charge in [0.1, 0.15) is 45.0 Å². The van der Waals surface area contributed by atoms with Crippen molar-refractivity contribution in [2.75, 3.05) is 6.26 Å². The molecule has 6 aromatic rings. The number of hydrogen-bond donors (Lipinski definition) is 0. The quantitative estimate of drug-likeness (QED) is 0.102. The molecule has 2 aliphatic heterocycles. The van der Waals surface area contributed by atoms with E-state index in [0.717, 1.165) is 58.0 Å². The van der Waals surface area contributed by atoms with Gasteiger partial charge in [-0.05, 0) is 116 Å². The molecule has 0 radical (unpaired) electrons. The summed E-state index contributed by atoms with van der Waals surface area (Å²) in [6, 6.07) is 26.0. The average Bonchev–Trinajstić information content (AvgIpc) is 3.80. The highest BCUT2D eigenvalue weighted by Gasteiger charge is 2.26. The fourth-order valence-electron chi connectivity index (χ4n) is 6.58. The molecule has 0 amide bonds. The first-order valence-electron chi connectivity index (χ1n) is 17.5. The summed E-state index contributed by atoms with van der Waals surface area (Å²) in [7, 11) is -3.28. The van der Waals surface area contributed by atoms with Crippen molar-refractivity contribution in [2.24, 2.45) is 0 Å². The average molecular weight is 795 g/mol. The van der Waals surface area contributed by atoms with E-state index in [4.69, 9.17) is 23.7 Å². The highest BCUT2D eigenvalue weighted by Crippen LogP contribution is 2.40. The van der Waals surface area contributed by atoms with E-state index in [1.54, 1.807) is 49.4 Å². The fraction of sp³-hybridized carbons (Fsp3) is 0.220. The molecule has 0 fully saturated rings. The van der Waals surface area contributed by atoms with Crippen molar-refractivity contribution in [3.8, 4) is 33.4 Å². The van der Waals surface area contributed by atoms with Crippen LogP contribution in [0.5, 0.6) is 33.4 Å². The minimum Gasteiger partial charge on any atom is -0.485 e. The molecule has 0 aliphatic carbocycles. The lowest BCUT2D eigenvalue weighted by Gasteiger charge is -2.27. The van der Waals surface area contributed by atoms with E-state index in [2.05, 4.69) is 29.0 Å². The van der Waals surface area contributed by atoms with Crippen LogP contribution in [0.3, 0.4) is 0 Å². The minimum atomic E-state index is -3.28. The van der Waals surface area contributed by atoms with Gasteiger partial charge in [-0.1, -0.05) is 59.1 Å². The number of rotatable bonds is 9. The van der Waals surface area contributed by atoms with Crippen molar-refractivity contribution in [1.82, 2.24) is 9.97 Å². The van der Waals surface area contributed by atoms with Crippen LogP contribution in [0.1, 0.15) is 77.9 Å². The van der Waals surface area contributed by atoms with Crippen molar-refractivity contribution in [3.05, 3.63) is 134 Å². The highest BCUT2D eigenvalue weighted by atomic mass is 32.2. The third-order valence-corrected chi connectivity index (χ3v) is 12.4. The van der Waals surface area contributed by atoms with Crippen molar-refractivity contribution in [1.29, 1.82) is 0 Å². The van der Waals surface area contributed by atoms with Gasteiger partial charge in [-0.25, -0.2) is 28.0 Å². The van der Waals surface area contributed by atoms with Crippen molar-refractivity contribution in [3.63, 3.8) is 0 Å². The first kappa shape index (κ1) is 36.4. The Labute approximate surface area is 325 Å². The number of ether oxygens (including phenoxy) is 5. The number of thiazole rings is 2. The van der Waals surface area contributed by atoms with Crippen LogP contribution in [0.25, 0.3) is 0 Å². The number of fused-ring (bicyclic) bond motifs is 2. The molecule has 280 valence electrons. The van der Waals surface area contributed by atoms with Gasteiger partial charge in [-0.15, -0.1) is 0 Å². The van der Waals surface area contributed by atoms with Crippen LogP contribution < -0.4 is 18.9 Å². The second-order valence-electron chi connectivity index (χ2n) is 13.3. The number of sulfone groups is 1. The van der Waals surface area contributed by atoms with E-state index in [0.29, 0.717) is 35.8 Å². The molecule has 0 saturated heterocycles. The number of carbonyl (C=O) groups is 2. The molecule has 2 unspecified atom stereocenters.